The highest BCUT2D eigenvalue weighted by molar-refractivity contribution is 5.91. The summed E-state index contributed by atoms with van der Waals surface area (Å²) in [4.78, 5) is 20.1. The van der Waals surface area contributed by atoms with Crippen molar-refractivity contribution in [2.24, 2.45) is 0 Å². The summed E-state index contributed by atoms with van der Waals surface area (Å²) in [6.07, 6.45) is 10.3. The summed E-state index contributed by atoms with van der Waals surface area (Å²) < 4.78 is 1.82. The van der Waals surface area contributed by atoms with Crippen LogP contribution in [0.5, 0.6) is 0 Å². The predicted octanol–water partition coefficient (Wildman–Crippen LogP) is 2.60. The van der Waals surface area contributed by atoms with Gasteiger partial charge in [-0.3, -0.25) is 9.36 Å². The summed E-state index contributed by atoms with van der Waals surface area (Å²) in [5.74, 6) is 0.661. The highest BCUT2D eigenvalue weighted by Gasteiger charge is 2.00. The van der Waals surface area contributed by atoms with Gasteiger partial charge in [0.1, 0.15) is 12.1 Å². The van der Waals surface area contributed by atoms with Gasteiger partial charge in [0, 0.05) is 31.2 Å². The maximum absolute atomic E-state index is 11.8. The Kier molecular flexibility index (Phi) is 4.59. The van der Waals surface area contributed by atoms with Gasteiger partial charge in [-0.2, -0.15) is 0 Å². The van der Waals surface area contributed by atoms with Crippen LogP contribution in [-0.2, 0) is 11.3 Å². The van der Waals surface area contributed by atoms with Crippen molar-refractivity contribution in [2.75, 3.05) is 0 Å². The van der Waals surface area contributed by atoms with Crippen molar-refractivity contribution in [2.45, 2.75) is 6.54 Å². The van der Waals surface area contributed by atoms with E-state index in [4.69, 9.17) is 0 Å². The molecule has 1 N–H and O–H groups in total. The number of aromatic nitrogens is 3. The van der Waals surface area contributed by atoms with E-state index in [9.17, 15) is 4.79 Å². The van der Waals surface area contributed by atoms with Gasteiger partial charge in [-0.25, -0.2) is 9.97 Å². The molecule has 0 spiro atoms. The molecule has 0 aliphatic heterocycles. The molecule has 0 atom stereocenters. The molecule has 2 aromatic heterocycles. The van der Waals surface area contributed by atoms with Crippen LogP contribution in [0.3, 0.4) is 0 Å². The summed E-state index contributed by atoms with van der Waals surface area (Å²) in [6, 6.07) is 13.5. The SMILES string of the molecule is O=C(/C=C/c1ccccc1)NCc1ccc(-n2ccnc2)nc1. The van der Waals surface area contributed by atoms with Crippen LogP contribution in [0.25, 0.3) is 11.9 Å². The molecule has 0 radical (unpaired) electrons. The van der Waals surface area contributed by atoms with Crippen LogP contribution < -0.4 is 5.32 Å². The van der Waals surface area contributed by atoms with Gasteiger partial charge >= 0.3 is 0 Å². The lowest BCUT2D eigenvalue weighted by atomic mass is 10.2. The fourth-order valence-electron chi connectivity index (χ4n) is 2.05. The minimum Gasteiger partial charge on any atom is -0.348 e. The third-order valence-electron chi connectivity index (χ3n) is 3.27. The monoisotopic (exact) mass is 304 g/mol. The molecule has 0 bridgehead atoms. The molecule has 23 heavy (non-hydrogen) atoms. The van der Waals surface area contributed by atoms with E-state index in [1.54, 1.807) is 24.8 Å². The number of nitrogens with zero attached hydrogens (tertiary/aromatic N) is 3. The molecule has 2 heterocycles. The number of carbonyl (C=O) groups excluding carboxylic acids is 1. The number of pyridine rings is 1. The minimum atomic E-state index is -0.132. The normalized spacial score (nSPS) is 10.8. The van der Waals surface area contributed by atoms with E-state index in [1.165, 1.54) is 6.08 Å². The molecule has 0 unspecified atom stereocenters. The van der Waals surface area contributed by atoms with Crippen LogP contribution in [0.2, 0.25) is 0 Å². The second-order valence-electron chi connectivity index (χ2n) is 4.96. The van der Waals surface area contributed by atoms with Crippen LogP contribution in [0.4, 0.5) is 0 Å². The van der Waals surface area contributed by atoms with Crippen LogP contribution >= 0.6 is 0 Å². The molecule has 1 aromatic carbocycles. The second-order valence-corrected chi connectivity index (χ2v) is 4.96. The van der Waals surface area contributed by atoms with Gasteiger partial charge in [0.2, 0.25) is 5.91 Å². The molecule has 5 heteroatoms. The molecule has 0 saturated heterocycles. The first-order valence-corrected chi connectivity index (χ1v) is 7.25. The fourth-order valence-corrected chi connectivity index (χ4v) is 2.05. The van der Waals surface area contributed by atoms with Gasteiger partial charge in [0.25, 0.3) is 0 Å². The van der Waals surface area contributed by atoms with Gasteiger partial charge in [0.05, 0.1) is 0 Å². The molecule has 114 valence electrons. The van der Waals surface area contributed by atoms with Gasteiger partial charge in [-0.15, -0.1) is 0 Å². The number of amides is 1. The van der Waals surface area contributed by atoms with Crippen LogP contribution in [-0.4, -0.2) is 20.4 Å². The number of nitrogens with one attached hydrogen (secondary N) is 1. The Bertz CT molecular complexity index is 778. The number of hydrogen-bond donors (Lipinski definition) is 1. The van der Waals surface area contributed by atoms with Gasteiger partial charge in [-0.05, 0) is 23.3 Å². The molecule has 1 amide bonds. The first-order chi connectivity index (χ1) is 11.3. The average molecular weight is 304 g/mol. The van der Waals surface area contributed by atoms with Gasteiger partial charge in [-0.1, -0.05) is 36.4 Å². The zero-order valence-corrected chi connectivity index (χ0v) is 12.5. The van der Waals surface area contributed by atoms with Crippen molar-refractivity contribution < 1.29 is 4.79 Å². The lowest BCUT2D eigenvalue weighted by Crippen LogP contribution is -2.20. The predicted molar refractivity (Wildman–Crippen MR) is 88.7 cm³/mol. The van der Waals surface area contributed by atoms with Crippen molar-refractivity contribution in [3.05, 3.63) is 84.6 Å². The Morgan fingerprint density at radius 2 is 2.04 bits per heavy atom. The summed E-state index contributed by atoms with van der Waals surface area (Å²) >= 11 is 0. The molecular weight excluding hydrogens is 288 g/mol. The van der Waals surface area contributed by atoms with Crippen molar-refractivity contribution in [1.82, 2.24) is 19.9 Å². The minimum absolute atomic E-state index is 0.132. The first-order valence-electron chi connectivity index (χ1n) is 7.25. The highest BCUT2D eigenvalue weighted by atomic mass is 16.1. The molecule has 0 saturated carbocycles. The summed E-state index contributed by atoms with van der Waals surface area (Å²) in [6.45, 7) is 0.440. The third kappa shape index (κ3) is 4.14. The Labute approximate surface area is 134 Å². The largest absolute Gasteiger partial charge is 0.348 e. The van der Waals surface area contributed by atoms with E-state index in [-0.39, 0.29) is 5.91 Å². The third-order valence-corrected chi connectivity index (χ3v) is 3.27. The number of benzene rings is 1. The Hall–Kier alpha value is -3.21. The summed E-state index contributed by atoms with van der Waals surface area (Å²) in [7, 11) is 0. The van der Waals surface area contributed by atoms with E-state index < -0.39 is 0 Å². The summed E-state index contributed by atoms with van der Waals surface area (Å²) in [5, 5.41) is 2.84. The first kappa shape index (κ1) is 14.7. The van der Waals surface area contributed by atoms with E-state index in [0.717, 1.165) is 16.9 Å². The van der Waals surface area contributed by atoms with E-state index in [1.807, 2.05) is 53.2 Å². The Morgan fingerprint density at radius 3 is 2.74 bits per heavy atom. The van der Waals surface area contributed by atoms with Crippen LogP contribution in [0.15, 0.2) is 73.5 Å². The molecule has 0 aliphatic rings. The topological polar surface area (TPSA) is 59.8 Å². The van der Waals surface area contributed by atoms with E-state index >= 15 is 0 Å². The Morgan fingerprint density at radius 1 is 1.17 bits per heavy atom. The smallest absolute Gasteiger partial charge is 0.244 e. The van der Waals surface area contributed by atoms with Crippen molar-refractivity contribution in [3.8, 4) is 5.82 Å². The van der Waals surface area contributed by atoms with Crippen LogP contribution in [0, 0.1) is 0 Å². The number of hydrogen-bond acceptors (Lipinski definition) is 3. The molecule has 5 nitrogen and oxygen atoms in total. The van der Waals surface area contributed by atoms with Gasteiger partial charge < -0.3 is 5.32 Å². The molecule has 0 aliphatic carbocycles. The highest BCUT2D eigenvalue weighted by Crippen LogP contribution is 2.05. The van der Waals surface area contributed by atoms with E-state index in [0.29, 0.717) is 6.54 Å². The maximum Gasteiger partial charge on any atom is 0.244 e. The van der Waals surface area contributed by atoms with Crippen molar-refractivity contribution in [1.29, 1.82) is 0 Å². The Balaban J connectivity index is 1.54. The van der Waals surface area contributed by atoms with Crippen molar-refractivity contribution >= 4 is 12.0 Å². The average Bonchev–Trinajstić information content (AvgIpc) is 3.14. The lowest BCUT2D eigenvalue weighted by molar-refractivity contribution is -0.116. The molecular formula is C18H16N4O. The molecule has 3 rings (SSSR count). The molecule has 3 aromatic rings. The maximum atomic E-state index is 11.8. The van der Waals surface area contributed by atoms with Crippen molar-refractivity contribution in [3.63, 3.8) is 0 Å². The molecule has 0 fully saturated rings. The number of rotatable bonds is 5. The van der Waals surface area contributed by atoms with Gasteiger partial charge in [0.15, 0.2) is 0 Å². The zero-order valence-electron chi connectivity index (χ0n) is 12.5. The lowest BCUT2D eigenvalue weighted by Gasteiger charge is -2.04. The second kappa shape index (κ2) is 7.17. The summed E-state index contributed by atoms with van der Waals surface area (Å²) in [5.41, 5.74) is 1.93. The zero-order chi connectivity index (χ0) is 15.9. The quantitative estimate of drug-likeness (QED) is 0.737. The number of carbonyl (C=O) groups is 1. The standard InChI is InChI=1S/C18H16N4O/c23-18(9-7-15-4-2-1-3-5-15)21-13-16-6-8-17(20-12-16)22-11-10-19-14-22/h1-12,14H,13H2,(H,21,23)/b9-7+. The van der Waals surface area contributed by atoms with E-state index in [2.05, 4.69) is 15.3 Å². The van der Waals surface area contributed by atoms with Crippen LogP contribution in [0.1, 0.15) is 11.1 Å². The fraction of sp³-hybridized carbons (Fsp3) is 0.0556. The number of imidazole rings is 1.